The van der Waals surface area contributed by atoms with E-state index in [1.54, 1.807) is 6.07 Å². The normalized spacial score (nSPS) is 11.0. The van der Waals surface area contributed by atoms with Crippen LogP contribution in [0, 0.1) is 13.8 Å². The van der Waals surface area contributed by atoms with Crippen molar-refractivity contribution in [2.45, 2.75) is 26.9 Å². The van der Waals surface area contributed by atoms with Gasteiger partial charge in [-0.2, -0.15) is 0 Å². The van der Waals surface area contributed by atoms with E-state index in [4.69, 9.17) is 5.11 Å². The monoisotopic (exact) mass is 290 g/mol. The summed E-state index contributed by atoms with van der Waals surface area (Å²) < 4.78 is 0. The molecule has 2 rings (SSSR count). The van der Waals surface area contributed by atoms with Crippen LogP contribution in [0.5, 0.6) is 0 Å². The highest BCUT2D eigenvalue weighted by molar-refractivity contribution is 7.14. The summed E-state index contributed by atoms with van der Waals surface area (Å²) in [6.45, 7) is 5.42. The number of aromatic nitrogens is 1. The summed E-state index contributed by atoms with van der Waals surface area (Å²) in [5.74, 6) is -0.854. The van der Waals surface area contributed by atoms with Crippen LogP contribution in [0.25, 0.3) is 0 Å². The van der Waals surface area contributed by atoms with Crippen LogP contribution >= 0.6 is 11.3 Å². The summed E-state index contributed by atoms with van der Waals surface area (Å²) in [5, 5.41) is 9.01. The number of nitrogens with zero attached hydrogens (tertiary/aromatic N) is 2. The number of thiophene rings is 1. The zero-order valence-corrected chi connectivity index (χ0v) is 12.7. The predicted octanol–water partition coefficient (Wildman–Crippen LogP) is 3.09. The van der Waals surface area contributed by atoms with Crippen LogP contribution in [0.15, 0.2) is 24.3 Å². The van der Waals surface area contributed by atoms with Crippen LogP contribution in [-0.4, -0.2) is 28.0 Å². The third kappa shape index (κ3) is 3.65. The van der Waals surface area contributed by atoms with Gasteiger partial charge in [-0.15, -0.1) is 11.3 Å². The molecule has 0 aliphatic heterocycles. The van der Waals surface area contributed by atoms with Crippen LogP contribution in [0.2, 0.25) is 0 Å². The van der Waals surface area contributed by atoms with E-state index in [1.807, 2.05) is 39.1 Å². The number of hydrogen-bond donors (Lipinski definition) is 1. The van der Waals surface area contributed by atoms with E-state index in [1.165, 1.54) is 11.3 Å². The van der Waals surface area contributed by atoms with Crippen LogP contribution in [0.1, 0.15) is 31.5 Å². The molecule has 4 nitrogen and oxygen atoms in total. The fourth-order valence-corrected chi connectivity index (χ4v) is 2.97. The second kappa shape index (κ2) is 6.15. The van der Waals surface area contributed by atoms with E-state index in [2.05, 4.69) is 9.88 Å². The van der Waals surface area contributed by atoms with Crippen LogP contribution in [0.4, 0.5) is 0 Å². The minimum atomic E-state index is -0.854. The van der Waals surface area contributed by atoms with Gasteiger partial charge in [0, 0.05) is 23.7 Å². The number of pyridine rings is 1. The molecule has 0 fully saturated rings. The van der Waals surface area contributed by atoms with Crippen LogP contribution in [0.3, 0.4) is 0 Å². The molecule has 20 heavy (non-hydrogen) atoms. The summed E-state index contributed by atoms with van der Waals surface area (Å²) >= 11 is 1.33. The third-order valence-electron chi connectivity index (χ3n) is 3.05. The van der Waals surface area contributed by atoms with Gasteiger partial charge in [-0.25, -0.2) is 4.79 Å². The summed E-state index contributed by atoms with van der Waals surface area (Å²) in [7, 11) is 2.02. The van der Waals surface area contributed by atoms with Gasteiger partial charge in [-0.1, -0.05) is 6.07 Å². The van der Waals surface area contributed by atoms with Crippen molar-refractivity contribution in [2.75, 3.05) is 7.05 Å². The molecule has 0 amide bonds. The summed E-state index contributed by atoms with van der Waals surface area (Å²) in [5.41, 5.74) is 3.11. The van der Waals surface area contributed by atoms with E-state index in [-0.39, 0.29) is 0 Å². The first-order valence-corrected chi connectivity index (χ1v) is 7.21. The van der Waals surface area contributed by atoms with Gasteiger partial charge < -0.3 is 5.11 Å². The number of aryl methyl sites for hydroxylation is 2. The molecule has 0 aliphatic rings. The van der Waals surface area contributed by atoms with E-state index in [9.17, 15) is 4.79 Å². The Bertz CT molecular complexity index is 622. The predicted molar refractivity (Wildman–Crippen MR) is 80.2 cm³/mol. The molecule has 2 aromatic rings. The number of hydrogen-bond acceptors (Lipinski definition) is 4. The molecule has 0 saturated carbocycles. The van der Waals surface area contributed by atoms with Crippen molar-refractivity contribution in [3.8, 4) is 0 Å². The Morgan fingerprint density at radius 3 is 2.70 bits per heavy atom. The molecule has 0 radical (unpaired) electrons. The molecule has 5 heteroatoms. The van der Waals surface area contributed by atoms with Gasteiger partial charge in [0.25, 0.3) is 0 Å². The zero-order valence-electron chi connectivity index (χ0n) is 11.9. The summed E-state index contributed by atoms with van der Waals surface area (Å²) in [4.78, 5) is 19.1. The molecule has 0 aliphatic carbocycles. The second-order valence-corrected chi connectivity index (χ2v) is 6.20. The summed E-state index contributed by atoms with van der Waals surface area (Å²) in [6.07, 6.45) is 0. The van der Waals surface area contributed by atoms with Crippen molar-refractivity contribution in [3.63, 3.8) is 0 Å². The van der Waals surface area contributed by atoms with Crippen molar-refractivity contribution >= 4 is 17.3 Å². The SMILES string of the molecule is Cc1cccc(CN(C)Cc2cc(C(=O)O)sc2C)n1. The number of carboxylic acid groups (broad SMARTS) is 1. The van der Waals surface area contributed by atoms with E-state index in [0.717, 1.165) is 34.9 Å². The first-order chi connectivity index (χ1) is 9.45. The molecule has 1 N–H and O–H groups in total. The van der Waals surface area contributed by atoms with Gasteiger partial charge in [0.2, 0.25) is 0 Å². The Balaban J connectivity index is 2.04. The fraction of sp³-hybridized carbons (Fsp3) is 0.333. The smallest absolute Gasteiger partial charge is 0.345 e. The Morgan fingerprint density at radius 1 is 1.35 bits per heavy atom. The second-order valence-electron chi connectivity index (χ2n) is 4.94. The number of carboxylic acids is 1. The number of carbonyl (C=O) groups is 1. The van der Waals surface area contributed by atoms with Gasteiger partial charge in [-0.3, -0.25) is 9.88 Å². The molecule has 2 aromatic heterocycles. The minimum Gasteiger partial charge on any atom is -0.477 e. The van der Waals surface area contributed by atoms with E-state index in [0.29, 0.717) is 4.88 Å². The molecule has 0 spiro atoms. The third-order valence-corrected chi connectivity index (χ3v) is 4.13. The highest BCUT2D eigenvalue weighted by Crippen LogP contribution is 2.23. The van der Waals surface area contributed by atoms with Crippen molar-refractivity contribution in [1.29, 1.82) is 0 Å². The first-order valence-electron chi connectivity index (χ1n) is 6.39. The maximum Gasteiger partial charge on any atom is 0.345 e. The van der Waals surface area contributed by atoms with Crippen LogP contribution < -0.4 is 0 Å². The average Bonchev–Trinajstić information content (AvgIpc) is 2.71. The lowest BCUT2D eigenvalue weighted by molar-refractivity contribution is 0.0702. The van der Waals surface area contributed by atoms with Gasteiger partial charge in [0.15, 0.2) is 0 Å². The Labute approximate surface area is 122 Å². The fourth-order valence-electron chi connectivity index (χ4n) is 2.09. The highest BCUT2D eigenvalue weighted by atomic mass is 32.1. The topological polar surface area (TPSA) is 53.4 Å². The van der Waals surface area contributed by atoms with Gasteiger partial charge >= 0.3 is 5.97 Å². The van der Waals surface area contributed by atoms with Gasteiger partial charge in [-0.05, 0) is 44.7 Å². The first kappa shape index (κ1) is 14.7. The van der Waals surface area contributed by atoms with Crippen molar-refractivity contribution in [1.82, 2.24) is 9.88 Å². The molecule has 0 saturated heterocycles. The number of rotatable bonds is 5. The average molecular weight is 290 g/mol. The highest BCUT2D eigenvalue weighted by Gasteiger charge is 2.12. The largest absolute Gasteiger partial charge is 0.477 e. The molecular weight excluding hydrogens is 272 g/mol. The molecule has 0 atom stereocenters. The zero-order chi connectivity index (χ0) is 14.7. The quantitative estimate of drug-likeness (QED) is 0.919. The van der Waals surface area contributed by atoms with Gasteiger partial charge in [0.1, 0.15) is 4.88 Å². The standard InChI is InChI=1S/C15H18N2O2S/c1-10-5-4-6-13(16-10)9-17(3)8-12-7-14(15(18)19)20-11(12)2/h4-7H,8-9H2,1-3H3,(H,18,19). The van der Waals surface area contributed by atoms with Crippen LogP contribution in [-0.2, 0) is 13.1 Å². The van der Waals surface area contributed by atoms with Crippen molar-refractivity contribution < 1.29 is 9.90 Å². The number of aromatic carboxylic acids is 1. The minimum absolute atomic E-state index is 0.402. The Morgan fingerprint density at radius 2 is 2.10 bits per heavy atom. The lowest BCUT2D eigenvalue weighted by Crippen LogP contribution is -2.18. The van der Waals surface area contributed by atoms with E-state index < -0.39 is 5.97 Å². The van der Waals surface area contributed by atoms with Crippen molar-refractivity contribution in [3.05, 3.63) is 51.0 Å². The lowest BCUT2D eigenvalue weighted by atomic mass is 10.2. The Hall–Kier alpha value is -1.72. The molecule has 2 heterocycles. The molecule has 106 valence electrons. The molecular formula is C15H18N2O2S. The molecule has 0 unspecified atom stereocenters. The maximum absolute atomic E-state index is 11.0. The summed E-state index contributed by atoms with van der Waals surface area (Å²) in [6, 6.07) is 7.75. The van der Waals surface area contributed by atoms with Gasteiger partial charge in [0.05, 0.1) is 5.69 Å². The lowest BCUT2D eigenvalue weighted by Gasteiger charge is -2.16. The Kier molecular flexibility index (Phi) is 4.52. The molecule has 0 aromatic carbocycles. The maximum atomic E-state index is 11.0. The molecule has 0 bridgehead atoms. The van der Waals surface area contributed by atoms with Crippen molar-refractivity contribution in [2.24, 2.45) is 0 Å². The van der Waals surface area contributed by atoms with E-state index >= 15 is 0 Å².